The molecule has 0 amide bonds. The maximum Gasteiger partial charge on any atom is 0.380 e. The number of carbonyl (C=O) groups excluding carboxylic acids is 1. The molecule has 0 spiro atoms. The summed E-state index contributed by atoms with van der Waals surface area (Å²) in [6, 6.07) is 13.3. The first-order valence-electron chi connectivity index (χ1n) is 10.5. The summed E-state index contributed by atoms with van der Waals surface area (Å²) < 4.78 is 28.9. The Labute approximate surface area is 180 Å². The van der Waals surface area contributed by atoms with Gasteiger partial charge in [-0.1, -0.05) is 90.4 Å². The van der Waals surface area contributed by atoms with Crippen LogP contribution in [-0.2, 0) is 10.3 Å². The maximum absolute atomic E-state index is 13.8. The Hall–Kier alpha value is -2.18. The molecular weight excluding hydrogens is 398 g/mol. The highest BCUT2D eigenvalue weighted by molar-refractivity contribution is 7.84. The van der Waals surface area contributed by atoms with Crippen LogP contribution in [0.15, 0.2) is 42.5 Å². The van der Waals surface area contributed by atoms with Crippen LogP contribution in [0.4, 0.5) is 0 Å². The summed E-state index contributed by atoms with van der Waals surface area (Å²) in [7, 11) is -4.24. The summed E-state index contributed by atoms with van der Waals surface area (Å²) in [4.78, 5) is 13.8. The van der Waals surface area contributed by atoms with Crippen molar-refractivity contribution in [1.29, 1.82) is 0 Å². The van der Waals surface area contributed by atoms with Gasteiger partial charge in [0.2, 0.25) is 0 Å². The Balaban J connectivity index is 2.75. The lowest BCUT2D eigenvalue weighted by molar-refractivity contribution is 0.0930. The van der Waals surface area contributed by atoms with E-state index in [4.69, 9.17) is 9.32 Å². The summed E-state index contributed by atoms with van der Waals surface area (Å²) in [5, 5.41) is 5.22. The Kier molecular flexibility index (Phi) is 7.83. The summed E-state index contributed by atoms with van der Waals surface area (Å²) in [5.41, 5.74) is 2.74. The number of hydrogen-bond donors (Lipinski definition) is 1. The van der Waals surface area contributed by atoms with Gasteiger partial charge in [-0.05, 0) is 28.9 Å². The van der Waals surface area contributed by atoms with Gasteiger partial charge in [0.1, 0.15) is 0 Å². The molecule has 164 valence electrons. The van der Waals surface area contributed by atoms with Gasteiger partial charge in [-0.25, -0.2) is 0 Å². The van der Waals surface area contributed by atoms with E-state index in [1.54, 1.807) is 12.1 Å². The van der Waals surface area contributed by atoms with Crippen LogP contribution < -0.4 is 9.32 Å². The average Bonchev–Trinajstić information content (AvgIpc) is 2.66. The van der Waals surface area contributed by atoms with Crippen molar-refractivity contribution in [3.8, 4) is 5.75 Å². The van der Waals surface area contributed by atoms with Gasteiger partial charge < -0.3 is 4.18 Å². The van der Waals surface area contributed by atoms with Crippen LogP contribution in [0.5, 0.6) is 5.75 Å². The van der Waals surface area contributed by atoms with Crippen LogP contribution in [0.25, 0.3) is 0 Å². The molecule has 30 heavy (non-hydrogen) atoms. The average molecular weight is 432 g/mol. The molecule has 0 saturated heterocycles. The molecule has 0 bridgehead atoms. The minimum atomic E-state index is -4.24. The first-order chi connectivity index (χ1) is 14.0. The number of benzene rings is 2. The number of rotatable bonds is 9. The van der Waals surface area contributed by atoms with Gasteiger partial charge >= 0.3 is 10.3 Å². The van der Waals surface area contributed by atoms with E-state index in [-0.39, 0.29) is 35.2 Å². The van der Waals surface area contributed by atoms with Gasteiger partial charge in [0, 0.05) is 17.0 Å². The molecule has 0 aliphatic rings. The van der Waals surface area contributed by atoms with Crippen molar-refractivity contribution in [2.45, 2.75) is 65.7 Å². The lowest BCUT2D eigenvalue weighted by atomic mass is 9.77. The summed E-state index contributed by atoms with van der Waals surface area (Å²) in [6.45, 7) is 11.9. The van der Waals surface area contributed by atoms with Crippen LogP contribution in [0, 0.1) is 5.92 Å². The predicted octanol–water partition coefficient (Wildman–Crippen LogP) is 5.53. The minimum absolute atomic E-state index is 0.00267. The topological polar surface area (TPSA) is 86.5 Å². The van der Waals surface area contributed by atoms with E-state index in [0.29, 0.717) is 16.7 Å². The molecule has 2 atom stereocenters. The fraction of sp³-hybridized carbons (Fsp3) is 0.458. The number of carbonyl (C=O) groups is 1. The molecule has 2 aromatic rings. The normalized spacial score (nSPS) is 14.0. The molecule has 2 unspecified atom stereocenters. The molecule has 2 rings (SSSR count). The van der Waals surface area contributed by atoms with Gasteiger partial charge in [0.25, 0.3) is 0 Å². The van der Waals surface area contributed by atoms with E-state index in [1.807, 2.05) is 58.0 Å². The molecule has 0 aliphatic carbocycles. The molecule has 2 aromatic carbocycles. The van der Waals surface area contributed by atoms with Gasteiger partial charge in [0.05, 0.1) is 0 Å². The van der Waals surface area contributed by atoms with Crippen molar-refractivity contribution in [2.24, 2.45) is 11.1 Å². The second-order valence-electron chi connectivity index (χ2n) is 8.47. The fourth-order valence-electron chi connectivity index (χ4n) is 3.87. The first-order valence-corrected chi connectivity index (χ1v) is 11.9. The van der Waals surface area contributed by atoms with Gasteiger partial charge in [0.15, 0.2) is 11.5 Å². The smallest absolute Gasteiger partial charge is 0.370 e. The molecule has 2 N–H and O–H groups in total. The number of Topliss-reactive ketones (excluding diaryl/α,β-unsaturated/α-hetero) is 1. The highest BCUT2D eigenvalue weighted by Crippen LogP contribution is 2.40. The van der Waals surface area contributed by atoms with E-state index >= 15 is 0 Å². The van der Waals surface area contributed by atoms with Gasteiger partial charge in [-0.15, -0.1) is 0 Å². The summed E-state index contributed by atoms with van der Waals surface area (Å²) in [6.07, 6.45) is 0.840. The van der Waals surface area contributed by atoms with Crippen molar-refractivity contribution in [1.82, 2.24) is 0 Å². The van der Waals surface area contributed by atoms with Crippen LogP contribution in [0.3, 0.4) is 0 Å². The second-order valence-corrected chi connectivity index (χ2v) is 9.62. The molecule has 0 fully saturated rings. The van der Waals surface area contributed by atoms with E-state index in [9.17, 15) is 13.2 Å². The third-order valence-electron chi connectivity index (χ3n) is 5.54. The Morgan fingerprint density at radius 2 is 1.57 bits per heavy atom. The predicted molar refractivity (Wildman–Crippen MR) is 121 cm³/mol. The maximum atomic E-state index is 13.8. The van der Waals surface area contributed by atoms with Crippen molar-refractivity contribution >= 4 is 16.1 Å². The van der Waals surface area contributed by atoms with Crippen molar-refractivity contribution < 1.29 is 17.4 Å². The molecule has 0 aromatic heterocycles. The molecular formula is C24H33NO4S. The summed E-state index contributed by atoms with van der Waals surface area (Å²) >= 11 is 0. The van der Waals surface area contributed by atoms with Crippen LogP contribution in [-0.4, -0.2) is 14.2 Å². The van der Waals surface area contributed by atoms with Gasteiger partial charge in [-0.3, -0.25) is 4.79 Å². The molecule has 6 heteroatoms. The zero-order valence-electron chi connectivity index (χ0n) is 18.7. The first kappa shape index (κ1) is 24.1. The molecule has 5 nitrogen and oxygen atoms in total. The second kappa shape index (κ2) is 9.75. The molecule has 0 heterocycles. The molecule has 0 saturated carbocycles. The van der Waals surface area contributed by atoms with Crippen molar-refractivity contribution in [3.63, 3.8) is 0 Å². The van der Waals surface area contributed by atoms with Gasteiger partial charge in [-0.2, -0.15) is 13.6 Å². The lowest BCUT2D eigenvalue weighted by Crippen LogP contribution is -2.24. The number of ketones is 1. The van der Waals surface area contributed by atoms with Crippen molar-refractivity contribution in [3.05, 3.63) is 64.7 Å². The fourth-order valence-corrected chi connectivity index (χ4v) is 4.29. The SMILES string of the molecule is CCC(C)C(C(=O)c1ccc(C(C)C)c(OS(N)(=O)=O)c1C(C)C)c1ccccc1. The highest BCUT2D eigenvalue weighted by atomic mass is 32.2. The van der Waals surface area contributed by atoms with Crippen molar-refractivity contribution in [2.75, 3.05) is 0 Å². The largest absolute Gasteiger partial charge is 0.380 e. The standard InChI is InChI=1S/C24H33NO4S/c1-7-17(6)22(18-11-9-8-10-12-18)23(26)20-14-13-19(15(2)3)24(21(20)16(4)5)29-30(25,27)28/h8-17,22H,7H2,1-6H3,(H2,25,27,28). The van der Waals surface area contributed by atoms with E-state index in [0.717, 1.165) is 12.0 Å². The lowest BCUT2D eigenvalue weighted by Gasteiger charge is -2.26. The Morgan fingerprint density at radius 3 is 2.03 bits per heavy atom. The molecule has 0 radical (unpaired) electrons. The van der Waals surface area contributed by atoms with E-state index in [1.165, 1.54) is 0 Å². The summed E-state index contributed by atoms with van der Waals surface area (Å²) in [5.74, 6) is -0.193. The van der Waals surface area contributed by atoms with E-state index < -0.39 is 10.3 Å². The van der Waals surface area contributed by atoms with Crippen LogP contribution in [0.2, 0.25) is 0 Å². The van der Waals surface area contributed by atoms with E-state index in [2.05, 4.69) is 13.8 Å². The quantitative estimate of drug-likeness (QED) is 0.529. The third kappa shape index (κ3) is 5.49. The number of hydrogen-bond acceptors (Lipinski definition) is 4. The Morgan fingerprint density at radius 1 is 0.967 bits per heavy atom. The minimum Gasteiger partial charge on any atom is -0.370 e. The van der Waals surface area contributed by atoms with Crippen LogP contribution in [0.1, 0.15) is 92.8 Å². The zero-order chi connectivity index (χ0) is 22.6. The molecule has 0 aliphatic heterocycles. The van der Waals surface area contributed by atoms with Crippen LogP contribution >= 0.6 is 0 Å². The number of nitrogens with two attached hydrogens (primary N) is 1. The third-order valence-corrected chi connectivity index (χ3v) is 5.94. The monoisotopic (exact) mass is 431 g/mol. The zero-order valence-corrected chi connectivity index (χ0v) is 19.5. The Bertz CT molecular complexity index is 982. The highest BCUT2D eigenvalue weighted by Gasteiger charge is 2.32.